The maximum absolute atomic E-state index is 11.4. The third-order valence-electron chi connectivity index (χ3n) is 2.24. The molecule has 0 bridgehead atoms. The SMILES string of the molecule is CCNCc1cccc(CS(=O)(=O)NC)c1. The third-order valence-corrected chi connectivity index (χ3v) is 3.57. The summed E-state index contributed by atoms with van der Waals surface area (Å²) in [5.74, 6) is 0.0312. The Bertz CT molecular complexity index is 429. The monoisotopic (exact) mass is 242 g/mol. The van der Waals surface area contributed by atoms with Crippen LogP contribution in [0.1, 0.15) is 18.1 Å². The summed E-state index contributed by atoms with van der Waals surface area (Å²) in [6, 6.07) is 7.60. The van der Waals surface area contributed by atoms with Crippen LogP contribution in [0.2, 0.25) is 0 Å². The molecule has 0 amide bonds. The zero-order chi connectivity index (χ0) is 12.0. The number of benzene rings is 1. The number of hydrogen-bond acceptors (Lipinski definition) is 3. The van der Waals surface area contributed by atoms with Crippen molar-refractivity contribution in [2.24, 2.45) is 0 Å². The molecule has 5 heteroatoms. The summed E-state index contributed by atoms with van der Waals surface area (Å²) in [6.45, 7) is 3.71. The number of sulfonamides is 1. The summed E-state index contributed by atoms with van der Waals surface area (Å²) in [4.78, 5) is 0. The van der Waals surface area contributed by atoms with Gasteiger partial charge in [0.2, 0.25) is 10.0 Å². The summed E-state index contributed by atoms with van der Waals surface area (Å²) < 4.78 is 25.0. The highest BCUT2D eigenvalue weighted by atomic mass is 32.2. The molecule has 0 aromatic heterocycles. The normalized spacial score (nSPS) is 11.6. The molecule has 0 aliphatic rings. The summed E-state index contributed by atoms with van der Waals surface area (Å²) in [6.07, 6.45) is 0. The minimum absolute atomic E-state index is 0.0312. The second-order valence-electron chi connectivity index (χ2n) is 3.56. The predicted octanol–water partition coefficient (Wildman–Crippen LogP) is 0.845. The lowest BCUT2D eigenvalue weighted by Crippen LogP contribution is -2.20. The Morgan fingerprint density at radius 1 is 1.25 bits per heavy atom. The fourth-order valence-electron chi connectivity index (χ4n) is 1.39. The van der Waals surface area contributed by atoms with E-state index >= 15 is 0 Å². The van der Waals surface area contributed by atoms with Gasteiger partial charge in [-0.2, -0.15) is 0 Å². The molecule has 4 nitrogen and oxygen atoms in total. The number of hydrogen-bond donors (Lipinski definition) is 2. The van der Waals surface area contributed by atoms with Gasteiger partial charge in [-0.25, -0.2) is 13.1 Å². The smallest absolute Gasteiger partial charge is 0.215 e. The summed E-state index contributed by atoms with van der Waals surface area (Å²) in [5.41, 5.74) is 1.91. The lowest BCUT2D eigenvalue weighted by molar-refractivity contribution is 0.587. The molecular weight excluding hydrogens is 224 g/mol. The highest BCUT2D eigenvalue weighted by molar-refractivity contribution is 7.88. The second kappa shape index (κ2) is 5.98. The minimum Gasteiger partial charge on any atom is -0.313 e. The van der Waals surface area contributed by atoms with Gasteiger partial charge in [0.1, 0.15) is 0 Å². The van der Waals surface area contributed by atoms with E-state index in [0.29, 0.717) is 0 Å². The first-order chi connectivity index (χ1) is 7.57. The summed E-state index contributed by atoms with van der Waals surface area (Å²) in [5, 5.41) is 3.20. The van der Waals surface area contributed by atoms with E-state index in [2.05, 4.69) is 10.0 Å². The molecule has 0 aliphatic carbocycles. The first kappa shape index (κ1) is 13.2. The van der Waals surface area contributed by atoms with Crippen LogP contribution in [0, 0.1) is 0 Å². The van der Waals surface area contributed by atoms with Crippen molar-refractivity contribution >= 4 is 10.0 Å². The highest BCUT2D eigenvalue weighted by Gasteiger charge is 2.08. The number of rotatable bonds is 6. The lowest BCUT2D eigenvalue weighted by Gasteiger charge is -2.06. The van der Waals surface area contributed by atoms with Gasteiger partial charge in [-0.3, -0.25) is 0 Å². The first-order valence-corrected chi connectivity index (χ1v) is 6.92. The molecule has 0 aliphatic heterocycles. The Morgan fingerprint density at radius 3 is 2.56 bits per heavy atom. The lowest BCUT2D eigenvalue weighted by atomic mass is 10.1. The van der Waals surface area contributed by atoms with Gasteiger partial charge in [0.25, 0.3) is 0 Å². The van der Waals surface area contributed by atoms with Crippen molar-refractivity contribution in [3.05, 3.63) is 35.4 Å². The molecule has 0 radical (unpaired) electrons. The van der Waals surface area contributed by atoms with Crippen molar-refractivity contribution in [1.82, 2.24) is 10.0 Å². The topological polar surface area (TPSA) is 58.2 Å². The number of nitrogens with one attached hydrogen (secondary N) is 2. The van der Waals surface area contributed by atoms with Crippen LogP contribution >= 0.6 is 0 Å². The Kier molecular flexibility index (Phi) is 4.92. The van der Waals surface area contributed by atoms with Gasteiger partial charge in [-0.05, 0) is 24.7 Å². The van der Waals surface area contributed by atoms with Gasteiger partial charge in [-0.1, -0.05) is 31.2 Å². The van der Waals surface area contributed by atoms with Gasteiger partial charge in [0, 0.05) is 6.54 Å². The quantitative estimate of drug-likeness (QED) is 0.777. The van der Waals surface area contributed by atoms with Crippen LogP contribution < -0.4 is 10.0 Å². The van der Waals surface area contributed by atoms with E-state index in [4.69, 9.17) is 0 Å². The average Bonchev–Trinajstić information content (AvgIpc) is 2.26. The molecule has 1 rings (SSSR count). The summed E-state index contributed by atoms with van der Waals surface area (Å²) in [7, 11) is -1.75. The van der Waals surface area contributed by atoms with E-state index in [1.807, 2.05) is 31.2 Å². The van der Waals surface area contributed by atoms with Crippen LogP contribution in [-0.2, 0) is 22.3 Å². The summed E-state index contributed by atoms with van der Waals surface area (Å²) >= 11 is 0. The first-order valence-electron chi connectivity index (χ1n) is 5.27. The maximum Gasteiger partial charge on any atom is 0.215 e. The second-order valence-corrected chi connectivity index (χ2v) is 5.49. The fraction of sp³-hybridized carbons (Fsp3) is 0.455. The highest BCUT2D eigenvalue weighted by Crippen LogP contribution is 2.08. The Labute approximate surface area is 97.1 Å². The molecule has 0 heterocycles. The molecule has 0 fully saturated rings. The molecular formula is C11H18N2O2S. The van der Waals surface area contributed by atoms with E-state index in [-0.39, 0.29) is 5.75 Å². The van der Waals surface area contributed by atoms with Crippen LogP contribution in [0.15, 0.2) is 24.3 Å². The zero-order valence-corrected chi connectivity index (χ0v) is 10.5. The molecule has 1 aromatic rings. The molecule has 1 aromatic carbocycles. The molecule has 90 valence electrons. The van der Waals surface area contributed by atoms with Gasteiger partial charge >= 0.3 is 0 Å². The third kappa shape index (κ3) is 4.30. The average molecular weight is 242 g/mol. The molecule has 0 saturated carbocycles. The van der Waals surface area contributed by atoms with Gasteiger partial charge in [-0.15, -0.1) is 0 Å². The van der Waals surface area contributed by atoms with Gasteiger partial charge in [0.05, 0.1) is 5.75 Å². The van der Waals surface area contributed by atoms with Gasteiger partial charge in [0.15, 0.2) is 0 Å². The van der Waals surface area contributed by atoms with Crippen LogP contribution in [-0.4, -0.2) is 22.0 Å². The Balaban J connectivity index is 2.75. The van der Waals surface area contributed by atoms with Crippen LogP contribution in [0.3, 0.4) is 0 Å². The molecule has 0 saturated heterocycles. The zero-order valence-electron chi connectivity index (χ0n) is 9.66. The molecule has 2 N–H and O–H groups in total. The van der Waals surface area contributed by atoms with E-state index in [1.165, 1.54) is 7.05 Å². The maximum atomic E-state index is 11.4. The fourth-order valence-corrected chi connectivity index (χ4v) is 2.15. The molecule has 0 unspecified atom stereocenters. The molecule has 16 heavy (non-hydrogen) atoms. The van der Waals surface area contributed by atoms with Crippen molar-refractivity contribution in [2.45, 2.75) is 19.2 Å². The van der Waals surface area contributed by atoms with Crippen LogP contribution in [0.5, 0.6) is 0 Å². The minimum atomic E-state index is -3.18. The van der Waals surface area contributed by atoms with Crippen LogP contribution in [0.25, 0.3) is 0 Å². The van der Waals surface area contributed by atoms with Gasteiger partial charge < -0.3 is 5.32 Å². The van der Waals surface area contributed by atoms with E-state index in [9.17, 15) is 8.42 Å². The largest absolute Gasteiger partial charge is 0.313 e. The van der Waals surface area contributed by atoms with E-state index in [0.717, 1.165) is 24.2 Å². The van der Waals surface area contributed by atoms with Crippen molar-refractivity contribution in [3.63, 3.8) is 0 Å². The Morgan fingerprint density at radius 2 is 1.94 bits per heavy atom. The standard InChI is InChI=1S/C11H18N2O2S/c1-3-13-8-10-5-4-6-11(7-10)9-16(14,15)12-2/h4-7,12-13H,3,8-9H2,1-2H3. The van der Waals surface area contributed by atoms with Crippen molar-refractivity contribution in [2.75, 3.05) is 13.6 Å². The van der Waals surface area contributed by atoms with Crippen LogP contribution in [0.4, 0.5) is 0 Å². The molecule has 0 spiro atoms. The van der Waals surface area contributed by atoms with E-state index < -0.39 is 10.0 Å². The van der Waals surface area contributed by atoms with E-state index in [1.54, 1.807) is 0 Å². The molecule has 0 atom stereocenters. The van der Waals surface area contributed by atoms with Crippen molar-refractivity contribution in [1.29, 1.82) is 0 Å². The predicted molar refractivity (Wildman–Crippen MR) is 65.5 cm³/mol. The van der Waals surface area contributed by atoms with Crippen molar-refractivity contribution < 1.29 is 8.42 Å². The van der Waals surface area contributed by atoms with Crippen molar-refractivity contribution in [3.8, 4) is 0 Å². The Hall–Kier alpha value is -0.910.